The van der Waals surface area contributed by atoms with Gasteiger partial charge in [-0.3, -0.25) is 4.21 Å². The minimum atomic E-state index is -1.05. The minimum absolute atomic E-state index is 0.142. The lowest BCUT2D eigenvalue weighted by Gasteiger charge is -2.24. The van der Waals surface area contributed by atoms with E-state index >= 15 is 0 Å². The molecule has 0 aliphatic heterocycles. The van der Waals surface area contributed by atoms with Gasteiger partial charge in [0.05, 0.1) is 16.0 Å². The third-order valence-corrected chi connectivity index (χ3v) is 5.50. The van der Waals surface area contributed by atoms with Crippen molar-refractivity contribution in [1.82, 2.24) is 5.32 Å². The number of nitrogens with one attached hydrogen (secondary N) is 1. The van der Waals surface area contributed by atoms with Gasteiger partial charge in [-0.1, -0.05) is 19.3 Å². The first-order valence-electron chi connectivity index (χ1n) is 6.56. The van der Waals surface area contributed by atoms with E-state index in [1.54, 1.807) is 12.1 Å². The monoisotopic (exact) mass is 269 g/mol. The molecule has 1 aromatic rings. The van der Waals surface area contributed by atoms with Gasteiger partial charge in [-0.15, -0.1) is 0 Å². The first-order chi connectivity index (χ1) is 8.72. The molecule has 0 heterocycles. The Morgan fingerprint density at radius 3 is 2.50 bits per heavy atom. The molecule has 0 amide bonds. The molecule has 2 nitrogen and oxygen atoms in total. The van der Waals surface area contributed by atoms with Crippen LogP contribution in [0.3, 0.4) is 0 Å². The summed E-state index contributed by atoms with van der Waals surface area (Å²) in [6.07, 6.45) is 5.61. The van der Waals surface area contributed by atoms with E-state index in [-0.39, 0.29) is 11.1 Å². The Labute approximate surface area is 110 Å². The van der Waals surface area contributed by atoms with Crippen LogP contribution in [0.15, 0.2) is 29.2 Å². The van der Waals surface area contributed by atoms with E-state index in [1.807, 2.05) is 7.05 Å². The number of hydrogen-bond acceptors (Lipinski definition) is 2. The standard InChI is InChI=1S/C14H20FNOS/c1-16-13-5-3-2-4-6-14(13)18(17)12-9-7-11(15)8-10-12/h7-10,13-14,16H,2-6H2,1H3. The van der Waals surface area contributed by atoms with Crippen LogP contribution in [0.2, 0.25) is 0 Å². The topological polar surface area (TPSA) is 29.1 Å². The van der Waals surface area contributed by atoms with Crippen molar-refractivity contribution in [1.29, 1.82) is 0 Å². The molecular formula is C14H20FNOS. The average molecular weight is 269 g/mol. The highest BCUT2D eigenvalue weighted by Gasteiger charge is 2.28. The van der Waals surface area contributed by atoms with Crippen molar-refractivity contribution in [3.05, 3.63) is 30.1 Å². The van der Waals surface area contributed by atoms with Crippen LogP contribution in [0.1, 0.15) is 32.1 Å². The maximum atomic E-state index is 12.9. The third-order valence-electron chi connectivity index (χ3n) is 3.64. The van der Waals surface area contributed by atoms with E-state index in [0.29, 0.717) is 6.04 Å². The van der Waals surface area contributed by atoms with Crippen LogP contribution in [-0.4, -0.2) is 22.5 Å². The Balaban J connectivity index is 2.17. The lowest BCUT2D eigenvalue weighted by atomic mass is 10.1. The fourth-order valence-electron chi connectivity index (χ4n) is 2.60. The molecule has 100 valence electrons. The molecule has 0 bridgehead atoms. The van der Waals surface area contributed by atoms with Crippen LogP contribution in [0, 0.1) is 5.82 Å². The molecule has 3 unspecified atom stereocenters. The Morgan fingerprint density at radius 2 is 1.83 bits per heavy atom. The zero-order valence-corrected chi connectivity index (χ0v) is 11.5. The van der Waals surface area contributed by atoms with E-state index in [4.69, 9.17) is 0 Å². The zero-order valence-electron chi connectivity index (χ0n) is 10.7. The Kier molecular flexibility index (Phi) is 4.89. The minimum Gasteiger partial charge on any atom is -0.316 e. The predicted molar refractivity (Wildman–Crippen MR) is 72.5 cm³/mol. The molecule has 0 radical (unpaired) electrons. The van der Waals surface area contributed by atoms with Crippen molar-refractivity contribution in [2.45, 2.75) is 48.3 Å². The number of halogens is 1. The van der Waals surface area contributed by atoms with Gasteiger partial charge in [-0.2, -0.15) is 0 Å². The Morgan fingerprint density at radius 1 is 1.17 bits per heavy atom. The maximum Gasteiger partial charge on any atom is 0.123 e. The molecule has 0 saturated heterocycles. The molecule has 0 aromatic heterocycles. The van der Waals surface area contributed by atoms with Crippen molar-refractivity contribution in [2.24, 2.45) is 0 Å². The van der Waals surface area contributed by atoms with Gasteiger partial charge in [-0.25, -0.2) is 4.39 Å². The third kappa shape index (κ3) is 3.18. The summed E-state index contributed by atoms with van der Waals surface area (Å²) in [6.45, 7) is 0. The van der Waals surface area contributed by atoms with Gasteiger partial charge in [0, 0.05) is 10.9 Å². The molecule has 1 N–H and O–H groups in total. The summed E-state index contributed by atoms with van der Waals surface area (Å²) < 4.78 is 25.5. The van der Waals surface area contributed by atoms with Gasteiger partial charge in [-0.05, 0) is 44.2 Å². The lowest BCUT2D eigenvalue weighted by molar-refractivity contribution is 0.500. The van der Waals surface area contributed by atoms with Crippen molar-refractivity contribution < 1.29 is 8.60 Å². The molecule has 0 spiro atoms. The summed E-state index contributed by atoms with van der Waals surface area (Å²) >= 11 is 0. The van der Waals surface area contributed by atoms with Crippen LogP contribution < -0.4 is 5.32 Å². The summed E-state index contributed by atoms with van der Waals surface area (Å²) in [7, 11) is 0.887. The fraction of sp³-hybridized carbons (Fsp3) is 0.571. The van der Waals surface area contributed by atoms with Gasteiger partial charge in [0.1, 0.15) is 5.82 Å². The SMILES string of the molecule is CNC1CCCCCC1S(=O)c1ccc(F)cc1. The Hall–Kier alpha value is -0.740. The van der Waals surface area contributed by atoms with Crippen molar-refractivity contribution in [3.8, 4) is 0 Å². The van der Waals surface area contributed by atoms with E-state index in [9.17, 15) is 8.60 Å². The van der Waals surface area contributed by atoms with Gasteiger partial charge >= 0.3 is 0 Å². The molecule has 2 rings (SSSR count). The van der Waals surface area contributed by atoms with Crippen molar-refractivity contribution in [2.75, 3.05) is 7.05 Å². The molecule has 1 aliphatic carbocycles. The number of benzene rings is 1. The van der Waals surface area contributed by atoms with E-state index in [2.05, 4.69) is 5.32 Å². The molecule has 18 heavy (non-hydrogen) atoms. The molecule has 1 aliphatic rings. The van der Waals surface area contributed by atoms with E-state index in [1.165, 1.54) is 25.0 Å². The van der Waals surface area contributed by atoms with Crippen LogP contribution in [0.4, 0.5) is 4.39 Å². The highest BCUT2D eigenvalue weighted by Crippen LogP contribution is 2.25. The number of rotatable bonds is 3. The molecule has 4 heteroatoms. The average Bonchev–Trinajstić information content (AvgIpc) is 2.63. The van der Waals surface area contributed by atoms with Crippen molar-refractivity contribution in [3.63, 3.8) is 0 Å². The van der Waals surface area contributed by atoms with Gasteiger partial charge in [0.25, 0.3) is 0 Å². The second-order valence-corrected chi connectivity index (χ2v) is 6.49. The first-order valence-corrected chi connectivity index (χ1v) is 7.77. The fourth-order valence-corrected chi connectivity index (χ4v) is 4.31. The number of hydrogen-bond donors (Lipinski definition) is 1. The normalized spacial score (nSPS) is 26.6. The summed E-state index contributed by atoms with van der Waals surface area (Å²) in [5, 5.41) is 3.43. The first kappa shape index (κ1) is 13.7. The predicted octanol–water partition coefficient (Wildman–Crippen LogP) is 2.85. The second-order valence-electron chi connectivity index (χ2n) is 4.82. The highest BCUT2D eigenvalue weighted by molar-refractivity contribution is 7.85. The van der Waals surface area contributed by atoms with Crippen molar-refractivity contribution >= 4 is 10.8 Å². The largest absolute Gasteiger partial charge is 0.316 e. The van der Waals surface area contributed by atoms with Crippen LogP contribution in [-0.2, 0) is 10.8 Å². The maximum absolute atomic E-state index is 12.9. The smallest absolute Gasteiger partial charge is 0.123 e. The summed E-state index contributed by atoms with van der Waals surface area (Å²) in [6, 6.07) is 6.36. The van der Waals surface area contributed by atoms with Gasteiger partial charge in [0.15, 0.2) is 0 Å². The second kappa shape index (κ2) is 6.43. The van der Waals surface area contributed by atoms with Gasteiger partial charge in [0.2, 0.25) is 0 Å². The summed E-state index contributed by atoms with van der Waals surface area (Å²) in [5.41, 5.74) is 0. The van der Waals surface area contributed by atoms with Gasteiger partial charge < -0.3 is 5.32 Å². The molecule has 1 fully saturated rings. The molecule has 1 saturated carbocycles. The zero-order chi connectivity index (χ0) is 13.0. The summed E-state index contributed by atoms with van der Waals surface area (Å²) in [4.78, 5) is 0.739. The van der Waals surface area contributed by atoms with Crippen LogP contribution in [0.25, 0.3) is 0 Å². The highest BCUT2D eigenvalue weighted by atomic mass is 32.2. The van der Waals surface area contributed by atoms with Crippen LogP contribution >= 0.6 is 0 Å². The van der Waals surface area contributed by atoms with E-state index in [0.717, 1.165) is 24.2 Å². The molecule has 3 atom stereocenters. The lowest BCUT2D eigenvalue weighted by Crippen LogP contribution is -2.39. The van der Waals surface area contributed by atoms with Crippen LogP contribution in [0.5, 0.6) is 0 Å². The molecular weight excluding hydrogens is 249 g/mol. The Bertz CT molecular complexity index is 407. The molecule has 1 aromatic carbocycles. The quantitative estimate of drug-likeness (QED) is 0.855. The van der Waals surface area contributed by atoms with E-state index < -0.39 is 10.8 Å². The summed E-state index contributed by atoms with van der Waals surface area (Å²) in [5.74, 6) is -0.276.